The Morgan fingerprint density at radius 1 is 1.06 bits per heavy atom. The smallest absolute Gasteiger partial charge is 0.509 e. The van der Waals surface area contributed by atoms with Crippen molar-refractivity contribution >= 4 is 0 Å². The Hall–Kier alpha value is -0.708. The van der Waals surface area contributed by atoms with Crippen molar-refractivity contribution in [3.63, 3.8) is 0 Å². The van der Waals surface area contributed by atoms with Crippen LogP contribution in [0.3, 0.4) is 0 Å². The van der Waals surface area contributed by atoms with Crippen molar-refractivity contribution in [2.24, 2.45) is 0 Å². The van der Waals surface area contributed by atoms with Gasteiger partial charge in [0.1, 0.15) is 0 Å². The Labute approximate surface area is 133 Å². The molecule has 2 aromatic rings. The molecular weight excluding hydrogens is 446 g/mol. The third-order valence-corrected chi connectivity index (χ3v) is 2.63. The molecule has 0 aliphatic rings. The van der Waals surface area contributed by atoms with Gasteiger partial charge in [0.2, 0.25) is 0 Å². The van der Waals surface area contributed by atoms with Gasteiger partial charge in [0, 0.05) is 11.5 Å². The van der Waals surface area contributed by atoms with Gasteiger partial charge < -0.3 is 4.74 Å². The van der Waals surface area contributed by atoms with Crippen LogP contribution in [-0.4, -0.2) is 0 Å². The van der Waals surface area contributed by atoms with E-state index in [-0.39, 0.29) is 31.1 Å². The van der Waals surface area contributed by atoms with E-state index in [1.807, 2.05) is 37.3 Å². The summed E-state index contributed by atoms with van der Waals surface area (Å²) >= 11 is 0. The Kier molecular flexibility index (Phi) is 5.99. The molecule has 0 aromatic heterocycles. The number of benzene rings is 2. The van der Waals surface area contributed by atoms with Gasteiger partial charge in [-0.05, 0) is 0 Å². The Morgan fingerprint density at radius 2 is 1.83 bits per heavy atom. The van der Waals surface area contributed by atoms with Crippen LogP contribution in [0.5, 0.6) is 11.5 Å². The van der Waals surface area contributed by atoms with Crippen LogP contribution in [0.2, 0.25) is 0 Å². The predicted octanol–water partition coefficient (Wildman–Crippen LogP) is 4.51. The summed E-state index contributed by atoms with van der Waals surface area (Å²) in [5.74, 6) is 1.99. The minimum Gasteiger partial charge on any atom is -0.509 e. The van der Waals surface area contributed by atoms with Crippen molar-refractivity contribution in [2.75, 3.05) is 0 Å². The standard InChI is InChI=1S/C16H16O.U/c1-12(2)14-7-9-15(10-8-14)17-16-6-4-5-13(3)11-16;/h4-5,7-9,11-12H,1-3H3;/q-2;+2. The molecular formula is C16H16OU. The molecule has 0 aliphatic carbocycles. The fourth-order valence-corrected chi connectivity index (χ4v) is 1.57. The zero-order valence-corrected chi connectivity index (χ0v) is 15.1. The minimum absolute atomic E-state index is 0. The molecule has 2 rings (SSSR count). The summed E-state index contributed by atoms with van der Waals surface area (Å²) in [5.41, 5.74) is 2.43. The number of hydrogen-bond acceptors (Lipinski definition) is 1. The molecule has 0 heterocycles. The van der Waals surface area contributed by atoms with Gasteiger partial charge in [0.05, 0.1) is 0 Å². The molecule has 18 heavy (non-hydrogen) atoms. The predicted molar refractivity (Wildman–Crippen MR) is 69.5 cm³/mol. The van der Waals surface area contributed by atoms with Crippen LogP contribution < -0.4 is 4.74 Å². The Bertz CT molecular complexity index is 489. The first-order valence-corrected chi connectivity index (χ1v) is 5.83. The van der Waals surface area contributed by atoms with E-state index in [1.54, 1.807) is 0 Å². The first-order valence-electron chi connectivity index (χ1n) is 5.83. The summed E-state index contributed by atoms with van der Waals surface area (Å²) in [6, 6.07) is 18.0. The second kappa shape index (κ2) is 7.02. The van der Waals surface area contributed by atoms with Gasteiger partial charge in [-0.15, -0.1) is 24.3 Å². The third kappa shape index (κ3) is 4.19. The van der Waals surface area contributed by atoms with E-state index in [4.69, 9.17) is 4.74 Å². The molecule has 0 bridgehead atoms. The normalized spacial score (nSPS) is 10.0. The monoisotopic (exact) mass is 462 g/mol. The summed E-state index contributed by atoms with van der Waals surface area (Å²) in [6.07, 6.45) is 0. The second-order valence-electron chi connectivity index (χ2n) is 4.47. The van der Waals surface area contributed by atoms with E-state index < -0.39 is 0 Å². The van der Waals surface area contributed by atoms with Gasteiger partial charge >= 0.3 is 31.1 Å². The molecule has 0 saturated heterocycles. The SMILES string of the molecule is Cc1cc[c-]c(Oc2[c-]cc(C(C)C)cc2)c1.[U+2]. The summed E-state index contributed by atoms with van der Waals surface area (Å²) in [6.45, 7) is 6.36. The van der Waals surface area contributed by atoms with Gasteiger partial charge in [-0.1, -0.05) is 26.7 Å². The molecule has 0 fully saturated rings. The number of ether oxygens (including phenoxy) is 1. The van der Waals surface area contributed by atoms with Gasteiger partial charge in [0.15, 0.2) is 0 Å². The van der Waals surface area contributed by atoms with Gasteiger partial charge in [-0.25, -0.2) is 0 Å². The maximum atomic E-state index is 5.68. The maximum Gasteiger partial charge on any atom is 2.00 e. The molecule has 0 amide bonds. The molecule has 1 nitrogen and oxygen atoms in total. The van der Waals surface area contributed by atoms with Crippen molar-refractivity contribution in [3.8, 4) is 11.5 Å². The summed E-state index contributed by atoms with van der Waals surface area (Å²) < 4.78 is 5.68. The zero-order chi connectivity index (χ0) is 12.3. The van der Waals surface area contributed by atoms with Crippen LogP contribution in [-0.2, 0) is 0 Å². The van der Waals surface area contributed by atoms with Crippen molar-refractivity contribution in [1.82, 2.24) is 0 Å². The molecule has 0 saturated carbocycles. The van der Waals surface area contributed by atoms with E-state index >= 15 is 0 Å². The molecule has 0 atom stereocenters. The summed E-state index contributed by atoms with van der Waals surface area (Å²) in [4.78, 5) is 0. The van der Waals surface area contributed by atoms with Crippen LogP contribution in [0.4, 0.5) is 0 Å². The number of hydrogen-bond donors (Lipinski definition) is 0. The number of aryl methyl sites for hydroxylation is 1. The molecule has 90 valence electrons. The minimum atomic E-state index is 0. The molecule has 0 N–H and O–H groups in total. The Balaban J connectivity index is 0.00000162. The van der Waals surface area contributed by atoms with Crippen molar-refractivity contribution < 1.29 is 35.9 Å². The third-order valence-electron chi connectivity index (χ3n) is 2.63. The van der Waals surface area contributed by atoms with E-state index in [0.717, 1.165) is 17.1 Å². The molecule has 0 spiro atoms. The molecule has 0 unspecified atom stereocenters. The summed E-state index contributed by atoms with van der Waals surface area (Å²) in [7, 11) is 0. The van der Waals surface area contributed by atoms with E-state index in [9.17, 15) is 0 Å². The number of rotatable bonds is 3. The van der Waals surface area contributed by atoms with E-state index in [2.05, 4.69) is 32.0 Å². The molecule has 0 radical (unpaired) electrons. The van der Waals surface area contributed by atoms with E-state index in [1.165, 1.54) is 5.56 Å². The quantitative estimate of drug-likeness (QED) is 0.611. The molecule has 2 heteroatoms. The second-order valence-corrected chi connectivity index (χ2v) is 4.47. The average Bonchev–Trinajstić information content (AvgIpc) is 2.29. The van der Waals surface area contributed by atoms with Crippen LogP contribution >= 0.6 is 0 Å². The van der Waals surface area contributed by atoms with Crippen LogP contribution in [0.25, 0.3) is 0 Å². The first-order chi connectivity index (χ1) is 8.15. The average molecular weight is 462 g/mol. The van der Waals surface area contributed by atoms with Crippen LogP contribution in [0, 0.1) is 50.2 Å². The largest absolute Gasteiger partial charge is 2.00 e. The van der Waals surface area contributed by atoms with Gasteiger partial charge in [-0.3, -0.25) is 0 Å². The van der Waals surface area contributed by atoms with Gasteiger partial charge in [-0.2, -0.15) is 35.4 Å². The van der Waals surface area contributed by atoms with Crippen molar-refractivity contribution in [1.29, 1.82) is 0 Å². The molecule has 2 aromatic carbocycles. The first kappa shape index (κ1) is 15.3. The maximum absolute atomic E-state index is 5.68. The van der Waals surface area contributed by atoms with Crippen LogP contribution in [0.15, 0.2) is 36.4 Å². The Morgan fingerprint density at radius 3 is 2.39 bits per heavy atom. The fourth-order valence-electron chi connectivity index (χ4n) is 1.57. The summed E-state index contributed by atoms with van der Waals surface area (Å²) in [5, 5.41) is 0. The molecule has 0 aliphatic heterocycles. The van der Waals surface area contributed by atoms with Crippen molar-refractivity contribution in [3.05, 3.63) is 59.7 Å². The van der Waals surface area contributed by atoms with Crippen molar-refractivity contribution in [2.45, 2.75) is 26.7 Å². The van der Waals surface area contributed by atoms with E-state index in [0.29, 0.717) is 5.92 Å². The zero-order valence-electron chi connectivity index (χ0n) is 10.9. The van der Waals surface area contributed by atoms with Gasteiger partial charge in [0.25, 0.3) is 0 Å². The fraction of sp³-hybridized carbons (Fsp3) is 0.250. The van der Waals surface area contributed by atoms with Crippen LogP contribution in [0.1, 0.15) is 30.9 Å². The topological polar surface area (TPSA) is 9.23 Å².